The number of carbonyl (C=O) groups is 1. The molecule has 0 amide bonds. The number of unbranched alkanes of at least 4 members (excludes halogenated alkanes) is 13. The van der Waals surface area contributed by atoms with Crippen molar-refractivity contribution in [2.75, 3.05) is 0 Å². The van der Waals surface area contributed by atoms with Crippen molar-refractivity contribution in [2.45, 2.75) is 110 Å². The summed E-state index contributed by atoms with van der Waals surface area (Å²) in [4.78, 5) is 11.3. The maximum atomic E-state index is 11.3. The molecular weight excluding hydrogens is 360 g/mol. The maximum absolute atomic E-state index is 11.3. The Morgan fingerprint density at radius 1 is 0.793 bits per heavy atom. The molecule has 0 spiro atoms. The first-order valence-electron chi connectivity index (χ1n) is 11.9. The van der Waals surface area contributed by atoms with Crippen LogP contribution >= 0.6 is 0 Å². The van der Waals surface area contributed by atoms with E-state index in [-0.39, 0.29) is 11.3 Å². The number of hydrogen-bond donors (Lipinski definition) is 2. The van der Waals surface area contributed by atoms with Crippen molar-refractivity contribution < 1.29 is 15.0 Å². The standard InChI is InChI=1S/C26H42O3/c1-2-3-4-5-6-7-8-9-10-11-12-13-14-15-16-17-18-20-23-21-19-22-24(27)25(23)26(28)29/h7-8,19,21-22,27H,2-6,9-18,20H2,1H3,(H,28,29)/b8-7-. The van der Waals surface area contributed by atoms with Gasteiger partial charge < -0.3 is 10.2 Å². The second kappa shape index (κ2) is 17.1. The van der Waals surface area contributed by atoms with E-state index in [1.54, 1.807) is 6.07 Å². The number of aromatic hydroxyl groups is 1. The lowest BCUT2D eigenvalue weighted by atomic mass is 9.99. The maximum Gasteiger partial charge on any atom is 0.339 e. The molecule has 164 valence electrons. The predicted octanol–water partition coefficient (Wildman–Crippen LogP) is 8.06. The number of allylic oxidation sites excluding steroid dienone is 2. The Kier molecular flexibility index (Phi) is 14.9. The van der Waals surface area contributed by atoms with Crippen LogP contribution in [0.5, 0.6) is 5.75 Å². The molecule has 0 fully saturated rings. The molecule has 1 aromatic rings. The molecule has 1 aromatic carbocycles. The Bertz CT molecular complexity index is 577. The number of benzene rings is 1. The minimum Gasteiger partial charge on any atom is -0.507 e. The van der Waals surface area contributed by atoms with E-state index >= 15 is 0 Å². The van der Waals surface area contributed by atoms with Gasteiger partial charge in [-0.25, -0.2) is 4.79 Å². The molecule has 0 saturated heterocycles. The average molecular weight is 403 g/mol. The van der Waals surface area contributed by atoms with E-state index in [0.717, 1.165) is 24.8 Å². The molecule has 0 aliphatic heterocycles. The Hall–Kier alpha value is -1.77. The summed E-state index contributed by atoms with van der Waals surface area (Å²) in [5, 5.41) is 18.9. The largest absolute Gasteiger partial charge is 0.507 e. The summed E-state index contributed by atoms with van der Waals surface area (Å²) < 4.78 is 0. The van der Waals surface area contributed by atoms with Crippen LogP contribution in [0.25, 0.3) is 0 Å². The average Bonchev–Trinajstić information content (AvgIpc) is 2.70. The highest BCUT2D eigenvalue weighted by Crippen LogP contribution is 2.23. The van der Waals surface area contributed by atoms with E-state index in [2.05, 4.69) is 19.1 Å². The monoisotopic (exact) mass is 402 g/mol. The van der Waals surface area contributed by atoms with Crippen LogP contribution < -0.4 is 0 Å². The van der Waals surface area contributed by atoms with Gasteiger partial charge in [0, 0.05) is 0 Å². The number of hydrogen-bond acceptors (Lipinski definition) is 2. The lowest BCUT2D eigenvalue weighted by Crippen LogP contribution is -2.03. The molecule has 3 heteroatoms. The highest BCUT2D eigenvalue weighted by atomic mass is 16.4. The molecule has 0 aliphatic rings. The highest BCUT2D eigenvalue weighted by Gasteiger charge is 2.14. The molecule has 0 heterocycles. The molecule has 0 bridgehead atoms. The minimum absolute atomic E-state index is 0.0684. The molecule has 0 aromatic heterocycles. The van der Waals surface area contributed by atoms with Crippen LogP contribution in [0.15, 0.2) is 30.4 Å². The summed E-state index contributed by atoms with van der Waals surface area (Å²) in [6.07, 6.45) is 24.6. The second-order valence-corrected chi connectivity index (χ2v) is 8.16. The van der Waals surface area contributed by atoms with E-state index in [4.69, 9.17) is 0 Å². The number of carboxylic acid groups (broad SMARTS) is 1. The molecule has 3 nitrogen and oxygen atoms in total. The number of rotatable bonds is 18. The summed E-state index contributed by atoms with van der Waals surface area (Å²) in [6.45, 7) is 2.26. The zero-order chi connectivity index (χ0) is 21.2. The van der Waals surface area contributed by atoms with Gasteiger partial charge in [0.2, 0.25) is 0 Å². The summed E-state index contributed by atoms with van der Waals surface area (Å²) >= 11 is 0. The smallest absolute Gasteiger partial charge is 0.339 e. The minimum atomic E-state index is -1.04. The van der Waals surface area contributed by atoms with E-state index < -0.39 is 5.97 Å². The topological polar surface area (TPSA) is 57.5 Å². The summed E-state index contributed by atoms with van der Waals surface area (Å²) in [7, 11) is 0. The SMILES string of the molecule is CCCCCC/C=C\CCCCCCCCCCCc1cccc(O)c1C(=O)O. The molecule has 0 saturated carbocycles. The van der Waals surface area contributed by atoms with Crippen LogP contribution in [0.3, 0.4) is 0 Å². The zero-order valence-electron chi connectivity index (χ0n) is 18.5. The van der Waals surface area contributed by atoms with Gasteiger partial charge in [0.15, 0.2) is 0 Å². The Balaban J connectivity index is 1.93. The van der Waals surface area contributed by atoms with Crippen molar-refractivity contribution >= 4 is 5.97 Å². The quantitative estimate of drug-likeness (QED) is 0.193. The molecule has 2 N–H and O–H groups in total. The summed E-state index contributed by atoms with van der Waals surface area (Å²) in [5.74, 6) is -1.17. The van der Waals surface area contributed by atoms with Crippen LogP contribution in [0.1, 0.15) is 119 Å². The van der Waals surface area contributed by atoms with E-state index in [1.165, 1.54) is 89.5 Å². The number of carboxylic acids is 1. The summed E-state index contributed by atoms with van der Waals surface area (Å²) in [5.41, 5.74) is 0.811. The third-order valence-corrected chi connectivity index (χ3v) is 5.55. The van der Waals surface area contributed by atoms with E-state index in [9.17, 15) is 15.0 Å². The third kappa shape index (κ3) is 12.4. The van der Waals surface area contributed by atoms with E-state index in [1.807, 2.05) is 6.07 Å². The normalized spacial score (nSPS) is 11.3. The van der Waals surface area contributed by atoms with Gasteiger partial charge >= 0.3 is 5.97 Å². The van der Waals surface area contributed by atoms with Gasteiger partial charge in [-0.15, -0.1) is 0 Å². The Labute approximate surface area is 178 Å². The number of aryl methyl sites for hydroxylation is 1. The fourth-order valence-corrected chi connectivity index (χ4v) is 3.78. The molecule has 0 radical (unpaired) electrons. The molecule has 29 heavy (non-hydrogen) atoms. The van der Waals surface area contributed by atoms with Gasteiger partial charge in [0.1, 0.15) is 11.3 Å². The Morgan fingerprint density at radius 3 is 1.86 bits per heavy atom. The van der Waals surface area contributed by atoms with Crippen molar-refractivity contribution in [3.05, 3.63) is 41.5 Å². The first kappa shape index (κ1) is 25.3. The first-order chi connectivity index (χ1) is 14.2. The van der Waals surface area contributed by atoms with Gasteiger partial charge in [0.25, 0.3) is 0 Å². The molecule has 1 rings (SSSR count). The van der Waals surface area contributed by atoms with Crippen LogP contribution in [-0.4, -0.2) is 16.2 Å². The van der Waals surface area contributed by atoms with Gasteiger partial charge in [-0.2, -0.15) is 0 Å². The van der Waals surface area contributed by atoms with E-state index in [0.29, 0.717) is 0 Å². The molecule has 0 unspecified atom stereocenters. The fourth-order valence-electron chi connectivity index (χ4n) is 3.78. The van der Waals surface area contributed by atoms with Gasteiger partial charge in [-0.1, -0.05) is 95.4 Å². The fraction of sp³-hybridized carbons (Fsp3) is 0.654. The number of aromatic carboxylic acids is 1. The predicted molar refractivity (Wildman–Crippen MR) is 123 cm³/mol. The van der Waals surface area contributed by atoms with Crippen molar-refractivity contribution in [2.24, 2.45) is 0 Å². The van der Waals surface area contributed by atoms with Crippen LogP contribution in [-0.2, 0) is 6.42 Å². The lowest BCUT2D eigenvalue weighted by molar-refractivity contribution is 0.0692. The van der Waals surface area contributed by atoms with Crippen molar-refractivity contribution in [1.82, 2.24) is 0 Å². The van der Waals surface area contributed by atoms with Crippen molar-refractivity contribution in [1.29, 1.82) is 0 Å². The van der Waals surface area contributed by atoms with Gasteiger partial charge in [-0.3, -0.25) is 0 Å². The second-order valence-electron chi connectivity index (χ2n) is 8.16. The molecule has 0 aliphatic carbocycles. The first-order valence-corrected chi connectivity index (χ1v) is 11.9. The van der Waals surface area contributed by atoms with Gasteiger partial charge in [-0.05, 0) is 50.2 Å². The number of phenols is 1. The molecule has 0 atom stereocenters. The van der Waals surface area contributed by atoms with Crippen LogP contribution in [0.4, 0.5) is 0 Å². The zero-order valence-corrected chi connectivity index (χ0v) is 18.5. The molecular formula is C26H42O3. The highest BCUT2D eigenvalue weighted by molar-refractivity contribution is 5.92. The Morgan fingerprint density at radius 2 is 1.31 bits per heavy atom. The lowest BCUT2D eigenvalue weighted by Gasteiger charge is -2.08. The van der Waals surface area contributed by atoms with Gasteiger partial charge in [0.05, 0.1) is 0 Å². The van der Waals surface area contributed by atoms with Crippen molar-refractivity contribution in [3.8, 4) is 5.75 Å². The van der Waals surface area contributed by atoms with Crippen LogP contribution in [0.2, 0.25) is 0 Å². The third-order valence-electron chi connectivity index (χ3n) is 5.55. The van der Waals surface area contributed by atoms with Crippen molar-refractivity contribution in [3.63, 3.8) is 0 Å². The van der Waals surface area contributed by atoms with Crippen LogP contribution in [0, 0.1) is 0 Å². The summed E-state index contributed by atoms with van der Waals surface area (Å²) in [6, 6.07) is 4.98.